The molecule has 0 radical (unpaired) electrons. The van der Waals surface area contributed by atoms with E-state index in [1.165, 1.54) is 17.4 Å². The van der Waals surface area contributed by atoms with Crippen LogP contribution < -0.4 is 16.0 Å². The van der Waals surface area contributed by atoms with Crippen molar-refractivity contribution in [3.05, 3.63) is 42.7 Å². The van der Waals surface area contributed by atoms with E-state index in [-0.39, 0.29) is 18.0 Å². The summed E-state index contributed by atoms with van der Waals surface area (Å²) in [5.41, 5.74) is 1.58. The van der Waals surface area contributed by atoms with Crippen LogP contribution in [0.5, 0.6) is 0 Å². The van der Waals surface area contributed by atoms with Crippen molar-refractivity contribution in [2.75, 3.05) is 17.7 Å². The molecule has 1 saturated carbocycles. The number of hydrogen-bond donors (Lipinski definition) is 3. The van der Waals surface area contributed by atoms with Gasteiger partial charge in [-0.2, -0.15) is 4.98 Å². The number of hydrogen-bond acceptors (Lipinski definition) is 9. The Morgan fingerprint density at radius 2 is 2.13 bits per heavy atom. The van der Waals surface area contributed by atoms with E-state index in [2.05, 4.69) is 42.5 Å². The first kappa shape index (κ1) is 21.1. The molecule has 1 amide bonds. The molecule has 3 heterocycles. The normalized spacial score (nSPS) is 18.5. The molecule has 1 aliphatic carbocycles. The van der Waals surface area contributed by atoms with Crippen LogP contribution in [0, 0.1) is 0 Å². The first-order valence-corrected chi connectivity index (χ1v) is 11.0. The molecule has 0 bridgehead atoms. The lowest BCUT2D eigenvalue weighted by Gasteiger charge is -2.32. The summed E-state index contributed by atoms with van der Waals surface area (Å²) in [6.07, 6.45) is 7.03. The van der Waals surface area contributed by atoms with E-state index in [1.807, 2.05) is 18.2 Å². The number of rotatable bonds is 8. The van der Waals surface area contributed by atoms with Crippen molar-refractivity contribution in [1.29, 1.82) is 0 Å². The molecule has 31 heavy (non-hydrogen) atoms. The molecule has 0 spiro atoms. The fourth-order valence-electron chi connectivity index (χ4n) is 3.66. The minimum Gasteiger partial charge on any atom is -0.378 e. The van der Waals surface area contributed by atoms with Gasteiger partial charge >= 0.3 is 0 Å². The van der Waals surface area contributed by atoms with Crippen molar-refractivity contribution in [2.45, 2.75) is 44.4 Å². The van der Waals surface area contributed by atoms with E-state index in [1.54, 1.807) is 13.3 Å². The van der Waals surface area contributed by atoms with Crippen LogP contribution in [0.2, 0.25) is 0 Å². The van der Waals surface area contributed by atoms with Crippen LogP contribution in [-0.2, 0) is 16.1 Å². The lowest BCUT2D eigenvalue weighted by molar-refractivity contribution is -0.117. The highest BCUT2D eigenvalue weighted by Gasteiger charge is 2.26. The molecule has 1 unspecified atom stereocenters. The van der Waals surface area contributed by atoms with Crippen LogP contribution in [0.3, 0.4) is 0 Å². The number of thiazole rings is 1. The zero-order chi connectivity index (χ0) is 21.6. The third-order valence-corrected chi connectivity index (χ3v) is 5.96. The molecule has 1 fully saturated rings. The summed E-state index contributed by atoms with van der Waals surface area (Å²) in [5.74, 6) is 0.937. The van der Waals surface area contributed by atoms with Gasteiger partial charge in [-0.05, 0) is 31.1 Å². The maximum absolute atomic E-state index is 11.8. The van der Waals surface area contributed by atoms with Crippen molar-refractivity contribution in [3.8, 4) is 0 Å². The molecule has 1 aliphatic rings. The summed E-state index contributed by atoms with van der Waals surface area (Å²) in [6, 6.07) is 5.66. The number of nitrogens with zero attached hydrogens (tertiary/aromatic N) is 4. The van der Waals surface area contributed by atoms with E-state index < -0.39 is 0 Å². The Hall–Kier alpha value is -3.11. The van der Waals surface area contributed by atoms with Crippen LogP contribution >= 0.6 is 11.3 Å². The van der Waals surface area contributed by atoms with Gasteiger partial charge in [-0.3, -0.25) is 4.79 Å². The second-order valence-corrected chi connectivity index (χ2v) is 8.30. The van der Waals surface area contributed by atoms with Crippen molar-refractivity contribution in [1.82, 2.24) is 25.3 Å². The van der Waals surface area contributed by atoms with Gasteiger partial charge in [0.25, 0.3) is 0 Å². The third kappa shape index (κ3) is 5.33. The van der Waals surface area contributed by atoms with Gasteiger partial charge in [-0.1, -0.05) is 30.8 Å². The average molecular weight is 440 g/mol. The number of pyridine rings is 1. The van der Waals surface area contributed by atoms with Gasteiger partial charge in [0.1, 0.15) is 16.2 Å². The number of aromatic nitrogens is 4. The molecule has 2 atom stereocenters. The number of methoxy groups -OCH3 is 1. The highest BCUT2D eigenvalue weighted by atomic mass is 32.1. The zero-order valence-corrected chi connectivity index (χ0v) is 18.1. The standard InChI is InChI=1S/C21H25N7O2S/c1-3-18(29)24-14-7-4-5-8-15(14)25-20-23-13(12-30-2)11-17(27-20)28-21-26-16-9-6-10-22-19(16)31-21/h3,6,9-11,14-15H,1,4-5,7-8,12H2,2H3,(H,24,29)(H2,23,25,26,27,28)/t14-,15?/m1/s1. The topological polar surface area (TPSA) is 114 Å². The van der Waals surface area contributed by atoms with E-state index in [0.717, 1.165) is 41.7 Å². The molecule has 0 aliphatic heterocycles. The number of ether oxygens (including phenoxy) is 1. The number of amides is 1. The number of nitrogens with one attached hydrogen (secondary N) is 3. The number of carbonyl (C=O) groups excluding carboxylic acids is 1. The molecule has 4 rings (SSSR count). The molecule has 3 aromatic rings. The van der Waals surface area contributed by atoms with Gasteiger partial charge in [0.05, 0.1) is 12.3 Å². The monoisotopic (exact) mass is 439 g/mol. The first-order chi connectivity index (χ1) is 15.1. The Bertz CT molecular complexity index is 1040. The van der Waals surface area contributed by atoms with Gasteiger partial charge < -0.3 is 20.7 Å². The summed E-state index contributed by atoms with van der Waals surface area (Å²) in [7, 11) is 1.63. The van der Waals surface area contributed by atoms with Gasteiger partial charge in [0, 0.05) is 31.5 Å². The maximum Gasteiger partial charge on any atom is 0.243 e. The fourth-order valence-corrected chi connectivity index (χ4v) is 4.48. The van der Waals surface area contributed by atoms with Crippen molar-refractivity contribution < 1.29 is 9.53 Å². The highest BCUT2D eigenvalue weighted by molar-refractivity contribution is 7.21. The first-order valence-electron chi connectivity index (χ1n) is 10.2. The maximum atomic E-state index is 11.8. The number of carbonyl (C=O) groups is 1. The fraction of sp³-hybridized carbons (Fsp3) is 0.381. The van der Waals surface area contributed by atoms with Gasteiger partial charge in [-0.15, -0.1) is 0 Å². The quantitative estimate of drug-likeness (QED) is 0.458. The molecule has 162 valence electrons. The smallest absolute Gasteiger partial charge is 0.243 e. The average Bonchev–Trinajstić information content (AvgIpc) is 3.17. The van der Waals surface area contributed by atoms with E-state index >= 15 is 0 Å². The predicted molar refractivity (Wildman–Crippen MR) is 121 cm³/mol. The lowest BCUT2D eigenvalue weighted by Crippen LogP contribution is -2.48. The summed E-state index contributed by atoms with van der Waals surface area (Å²) < 4.78 is 5.28. The number of anilines is 3. The van der Waals surface area contributed by atoms with Crippen LogP contribution in [0.15, 0.2) is 37.1 Å². The summed E-state index contributed by atoms with van der Waals surface area (Å²) >= 11 is 1.46. The van der Waals surface area contributed by atoms with Crippen molar-refractivity contribution >= 4 is 44.5 Å². The van der Waals surface area contributed by atoms with Crippen LogP contribution in [0.25, 0.3) is 10.3 Å². The summed E-state index contributed by atoms with van der Waals surface area (Å²) in [5, 5.41) is 10.4. The third-order valence-electron chi connectivity index (χ3n) is 5.07. The minimum atomic E-state index is -0.167. The van der Waals surface area contributed by atoms with E-state index in [4.69, 9.17) is 4.74 Å². The second-order valence-electron chi connectivity index (χ2n) is 7.33. The summed E-state index contributed by atoms with van der Waals surface area (Å²) in [4.78, 5) is 30.8. The Morgan fingerprint density at radius 3 is 2.90 bits per heavy atom. The Balaban J connectivity index is 1.55. The molecule has 10 heteroatoms. The highest BCUT2D eigenvalue weighted by Crippen LogP contribution is 2.27. The van der Waals surface area contributed by atoms with Crippen molar-refractivity contribution in [3.63, 3.8) is 0 Å². The van der Waals surface area contributed by atoms with Gasteiger partial charge in [0.15, 0.2) is 5.13 Å². The second kappa shape index (κ2) is 9.80. The molecular weight excluding hydrogens is 414 g/mol. The van der Waals surface area contributed by atoms with Crippen LogP contribution in [0.1, 0.15) is 31.4 Å². The SMILES string of the molecule is C=CC(=O)N[C@@H]1CCCCC1Nc1nc(COC)cc(Nc2nc3cccnc3s2)n1. The van der Waals surface area contributed by atoms with Gasteiger partial charge in [0.2, 0.25) is 11.9 Å². The largest absolute Gasteiger partial charge is 0.378 e. The molecule has 9 nitrogen and oxygen atoms in total. The lowest BCUT2D eigenvalue weighted by atomic mass is 9.90. The van der Waals surface area contributed by atoms with Crippen LogP contribution in [-0.4, -0.2) is 45.0 Å². The van der Waals surface area contributed by atoms with Gasteiger partial charge in [-0.25, -0.2) is 15.0 Å². The Morgan fingerprint density at radius 1 is 1.29 bits per heavy atom. The Labute approximate surface area is 184 Å². The van der Waals surface area contributed by atoms with E-state index in [0.29, 0.717) is 23.5 Å². The molecule has 3 aromatic heterocycles. The van der Waals surface area contributed by atoms with E-state index in [9.17, 15) is 4.79 Å². The van der Waals surface area contributed by atoms with Crippen molar-refractivity contribution in [2.24, 2.45) is 0 Å². The molecular formula is C21H25N7O2S. The predicted octanol–water partition coefficient (Wildman–Crippen LogP) is 3.40. The molecule has 3 N–H and O–H groups in total. The zero-order valence-electron chi connectivity index (χ0n) is 17.3. The Kier molecular flexibility index (Phi) is 6.68. The van der Waals surface area contributed by atoms with Crippen LogP contribution in [0.4, 0.5) is 16.9 Å². The minimum absolute atomic E-state index is 0.000627. The summed E-state index contributed by atoms with van der Waals surface area (Å²) in [6.45, 7) is 3.90. The molecule has 0 aromatic carbocycles. The molecule has 0 saturated heterocycles. The number of fused-ring (bicyclic) bond motifs is 1.